The monoisotopic (exact) mass is 161 g/mol. The number of nitrogens with one attached hydrogen (secondary N) is 1. The van der Waals surface area contributed by atoms with E-state index in [1.807, 2.05) is 7.05 Å². The highest BCUT2D eigenvalue weighted by molar-refractivity contribution is 4.45. The molecule has 0 radical (unpaired) electrons. The SMILES string of the molecule is CCCCCCCCNC.O. The van der Waals surface area contributed by atoms with Crippen molar-refractivity contribution < 1.29 is 5.48 Å². The molecule has 0 fully saturated rings. The molecule has 2 nitrogen and oxygen atoms in total. The largest absolute Gasteiger partial charge is 0.412 e. The molecule has 0 aliphatic carbocycles. The Morgan fingerprint density at radius 1 is 0.909 bits per heavy atom. The lowest BCUT2D eigenvalue weighted by Gasteiger charge is -1.98. The van der Waals surface area contributed by atoms with Gasteiger partial charge < -0.3 is 10.8 Å². The van der Waals surface area contributed by atoms with Gasteiger partial charge in [-0.15, -0.1) is 0 Å². The Labute approximate surface area is 70.7 Å². The topological polar surface area (TPSA) is 43.5 Å². The molecule has 0 atom stereocenters. The maximum Gasteiger partial charge on any atom is -0.00519 e. The summed E-state index contributed by atoms with van der Waals surface area (Å²) in [6.45, 7) is 3.44. The minimum atomic E-state index is 0. The molecule has 0 rings (SSSR count). The van der Waals surface area contributed by atoms with Gasteiger partial charge in [0.1, 0.15) is 0 Å². The van der Waals surface area contributed by atoms with Gasteiger partial charge in [0.05, 0.1) is 0 Å². The Bertz CT molecular complexity index is 49.5. The summed E-state index contributed by atoms with van der Waals surface area (Å²) in [6, 6.07) is 0. The van der Waals surface area contributed by atoms with Crippen molar-refractivity contribution in [2.45, 2.75) is 45.4 Å². The lowest BCUT2D eigenvalue weighted by molar-refractivity contribution is 0.592. The quantitative estimate of drug-likeness (QED) is 0.568. The van der Waals surface area contributed by atoms with E-state index in [4.69, 9.17) is 0 Å². The Hall–Kier alpha value is -0.0800. The van der Waals surface area contributed by atoms with E-state index in [9.17, 15) is 0 Å². The van der Waals surface area contributed by atoms with Crippen LogP contribution in [0.25, 0.3) is 0 Å². The first-order valence-electron chi connectivity index (χ1n) is 4.56. The van der Waals surface area contributed by atoms with Crippen molar-refractivity contribution >= 4 is 0 Å². The maximum absolute atomic E-state index is 3.16. The highest BCUT2D eigenvalue weighted by Crippen LogP contribution is 2.03. The second-order valence-corrected chi connectivity index (χ2v) is 2.87. The van der Waals surface area contributed by atoms with Crippen molar-refractivity contribution in [3.8, 4) is 0 Å². The smallest absolute Gasteiger partial charge is 0.00519 e. The van der Waals surface area contributed by atoms with Gasteiger partial charge in [0.25, 0.3) is 0 Å². The first-order chi connectivity index (χ1) is 4.91. The molecule has 0 unspecified atom stereocenters. The van der Waals surface area contributed by atoms with Crippen molar-refractivity contribution in [1.29, 1.82) is 0 Å². The molecule has 2 heteroatoms. The van der Waals surface area contributed by atoms with Crippen LogP contribution in [-0.4, -0.2) is 19.1 Å². The van der Waals surface area contributed by atoms with E-state index < -0.39 is 0 Å². The first-order valence-corrected chi connectivity index (χ1v) is 4.56. The zero-order valence-corrected chi connectivity index (χ0v) is 7.95. The summed E-state index contributed by atoms with van der Waals surface area (Å²) in [5, 5.41) is 3.16. The van der Waals surface area contributed by atoms with Crippen LogP contribution in [0.5, 0.6) is 0 Å². The lowest BCUT2D eigenvalue weighted by atomic mass is 10.1. The molecule has 11 heavy (non-hydrogen) atoms. The van der Waals surface area contributed by atoms with Gasteiger partial charge in [-0.2, -0.15) is 0 Å². The first kappa shape index (κ1) is 13.5. The Morgan fingerprint density at radius 2 is 1.45 bits per heavy atom. The summed E-state index contributed by atoms with van der Waals surface area (Å²) in [5.74, 6) is 0. The highest BCUT2D eigenvalue weighted by atomic mass is 16.0. The summed E-state index contributed by atoms with van der Waals surface area (Å²) in [7, 11) is 2.02. The summed E-state index contributed by atoms with van der Waals surface area (Å²) in [5.41, 5.74) is 0. The van der Waals surface area contributed by atoms with Gasteiger partial charge >= 0.3 is 0 Å². The van der Waals surface area contributed by atoms with Crippen molar-refractivity contribution in [3.05, 3.63) is 0 Å². The number of hydrogen-bond donors (Lipinski definition) is 1. The van der Waals surface area contributed by atoms with Crippen LogP contribution in [0.4, 0.5) is 0 Å². The van der Waals surface area contributed by atoms with Gasteiger partial charge in [-0.3, -0.25) is 0 Å². The van der Waals surface area contributed by atoms with E-state index >= 15 is 0 Å². The van der Waals surface area contributed by atoms with E-state index in [1.54, 1.807) is 0 Å². The molecule has 0 saturated heterocycles. The standard InChI is InChI=1S/C9H21N.H2O/c1-3-4-5-6-7-8-9-10-2;/h10H,3-9H2,1-2H3;1H2. The van der Waals surface area contributed by atoms with Crippen LogP contribution >= 0.6 is 0 Å². The zero-order chi connectivity index (χ0) is 7.66. The number of unbranched alkanes of at least 4 members (excludes halogenated alkanes) is 5. The minimum absolute atomic E-state index is 0. The summed E-state index contributed by atoms with van der Waals surface area (Å²) in [6.07, 6.45) is 8.38. The molecule has 0 aromatic heterocycles. The molecule has 0 spiro atoms. The molecule has 0 aromatic rings. The fourth-order valence-corrected chi connectivity index (χ4v) is 1.08. The number of hydrogen-bond acceptors (Lipinski definition) is 1. The van der Waals surface area contributed by atoms with Gasteiger partial charge in [-0.25, -0.2) is 0 Å². The van der Waals surface area contributed by atoms with E-state index in [0.717, 1.165) is 0 Å². The Kier molecular flexibility index (Phi) is 15.4. The normalized spacial score (nSPS) is 9.27. The molecule has 0 aliphatic heterocycles. The fourth-order valence-electron chi connectivity index (χ4n) is 1.08. The predicted octanol–water partition coefficient (Wildman–Crippen LogP) is 1.74. The average Bonchev–Trinajstić information content (AvgIpc) is 1.97. The lowest BCUT2D eigenvalue weighted by Crippen LogP contribution is -2.06. The van der Waals surface area contributed by atoms with Gasteiger partial charge in [0, 0.05) is 0 Å². The molecular weight excluding hydrogens is 138 g/mol. The van der Waals surface area contributed by atoms with Gasteiger partial charge in [-0.1, -0.05) is 39.0 Å². The van der Waals surface area contributed by atoms with Crippen LogP contribution in [0.2, 0.25) is 0 Å². The summed E-state index contributed by atoms with van der Waals surface area (Å²) < 4.78 is 0. The van der Waals surface area contributed by atoms with Gasteiger partial charge in [0.15, 0.2) is 0 Å². The minimum Gasteiger partial charge on any atom is -0.412 e. The Morgan fingerprint density at radius 3 is 2.00 bits per heavy atom. The van der Waals surface area contributed by atoms with Crippen molar-refractivity contribution in [3.63, 3.8) is 0 Å². The fraction of sp³-hybridized carbons (Fsp3) is 1.00. The van der Waals surface area contributed by atoms with E-state index in [0.29, 0.717) is 0 Å². The average molecular weight is 161 g/mol. The second-order valence-electron chi connectivity index (χ2n) is 2.87. The number of rotatable bonds is 7. The molecule has 0 saturated carbocycles. The predicted molar refractivity (Wildman–Crippen MR) is 50.9 cm³/mol. The van der Waals surface area contributed by atoms with Crippen LogP contribution in [-0.2, 0) is 0 Å². The van der Waals surface area contributed by atoms with E-state index in [-0.39, 0.29) is 5.48 Å². The van der Waals surface area contributed by atoms with Crippen molar-refractivity contribution in [2.75, 3.05) is 13.6 Å². The zero-order valence-electron chi connectivity index (χ0n) is 7.95. The van der Waals surface area contributed by atoms with Crippen LogP contribution in [0.1, 0.15) is 45.4 Å². The van der Waals surface area contributed by atoms with Crippen LogP contribution in [0, 0.1) is 0 Å². The molecule has 3 N–H and O–H groups in total. The molecular formula is C9H23NO. The van der Waals surface area contributed by atoms with Gasteiger partial charge in [0.2, 0.25) is 0 Å². The summed E-state index contributed by atoms with van der Waals surface area (Å²) >= 11 is 0. The van der Waals surface area contributed by atoms with E-state index in [1.165, 1.54) is 45.1 Å². The third kappa shape index (κ3) is 13.0. The maximum atomic E-state index is 3.16. The molecule has 70 valence electrons. The Balaban J connectivity index is 0. The molecule has 0 aromatic carbocycles. The van der Waals surface area contributed by atoms with Crippen LogP contribution in [0.15, 0.2) is 0 Å². The van der Waals surface area contributed by atoms with Crippen molar-refractivity contribution in [2.24, 2.45) is 0 Å². The third-order valence-electron chi connectivity index (χ3n) is 1.78. The van der Waals surface area contributed by atoms with Crippen LogP contribution in [0.3, 0.4) is 0 Å². The summed E-state index contributed by atoms with van der Waals surface area (Å²) in [4.78, 5) is 0. The van der Waals surface area contributed by atoms with Gasteiger partial charge in [-0.05, 0) is 20.0 Å². The molecule has 0 heterocycles. The molecule has 0 amide bonds. The second kappa shape index (κ2) is 12.6. The van der Waals surface area contributed by atoms with E-state index in [2.05, 4.69) is 12.2 Å². The van der Waals surface area contributed by atoms with Crippen LogP contribution < -0.4 is 5.32 Å². The molecule has 0 bridgehead atoms. The van der Waals surface area contributed by atoms with Crippen molar-refractivity contribution in [1.82, 2.24) is 5.32 Å². The highest BCUT2D eigenvalue weighted by Gasteiger charge is 1.87. The molecule has 0 aliphatic rings. The third-order valence-corrected chi connectivity index (χ3v) is 1.78.